The Morgan fingerprint density at radius 3 is 3.12 bits per heavy atom. The summed E-state index contributed by atoms with van der Waals surface area (Å²) < 4.78 is 14.0. The Kier molecular flexibility index (Phi) is 4.50. The number of aromatic nitrogens is 3. The normalized spacial score (nSPS) is 26.7. The Morgan fingerprint density at radius 2 is 2.32 bits per heavy atom. The fourth-order valence-electron chi connectivity index (χ4n) is 3.61. The third-order valence-electron chi connectivity index (χ3n) is 4.83. The smallest absolute Gasteiger partial charge is 0.255 e. The van der Waals surface area contributed by atoms with Gasteiger partial charge in [-0.05, 0) is 31.0 Å². The molecule has 7 nitrogen and oxygen atoms in total. The molecule has 0 radical (unpaired) electrons. The minimum atomic E-state index is -0.424. The van der Waals surface area contributed by atoms with Crippen LogP contribution >= 0.6 is 0 Å². The summed E-state index contributed by atoms with van der Waals surface area (Å²) in [6, 6.07) is 5.49. The molecular formula is C18H22N4O3. The molecule has 4 rings (SSSR count). The van der Waals surface area contributed by atoms with Crippen LogP contribution in [0.15, 0.2) is 43.0 Å². The number of nitrogens with zero attached hydrogens (tertiary/aromatic N) is 4. The average molecular weight is 342 g/mol. The lowest BCUT2D eigenvalue weighted by atomic mass is 9.99. The average Bonchev–Trinajstić information content (AvgIpc) is 3.23. The second-order valence-electron chi connectivity index (χ2n) is 6.71. The Bertz CT molecular complexity index is 706. The molecule has 1 amide bonds. The van der Waals surface area contributed by atoms with E-state index < -0.39 is 5.60 Å². The maximum absolute atomic E-state index is 12.8. The van der Waals surface area contributed by atoms with Crippen molar-refractivity contribution >= 4 is 5.91 Å². The molecule has 0 unspecified atom stereocenters. The van der Waals surface area contributed by atoms with Gasteiger partial charge in [0.05, 0.1) is 38.0 Å². The van der Waals surface area contributed by atoms with Crippen LogP contribution in [0.25, 0.3) is 0 Å². The largest absolute Gasteiger partial charge is 0.377 e. The molecule has 2 aromatic rings. The number of pyridine rings is 1. The lowest BCUT2D eigenvalue weighted by Crippen LogP contribution is -2.46. The van der Waals surface area contributed by atoms with Crippen molar-refractivity contribution in [3.8, 4) is 0 Å². The third kappa shape index (κ3) is 3.57. The number of ether oxygens (including phenoxy) is 2. The van der Waals surface area contributed by atoms with Gasteiger partial charge in [0.2, 0.25) is 0 Å². The summed E-state index contributed by atoms with van der Waals surface area (Å²) >= 11 is 0. The second kappa shape index (κ2) is 6.93. The van der Waals surface area contributed by atoms with E-state index in [-0.39, 0.29) is 12.0 Å². The molecular weight excluding hydrogens is 320 g/mol. The van der Waals surface area contributed by atoms with Gasteiger partial charge in [0.25, 0.3) is 5.91 Å². The van der Waals surface area contributed by atoms with Gasteiger partial charge >= 0.3 is 0 Å². The summed E-state index contributed by atoms with van der Waals surface area (Å²) in [5, 5.41) is 4.25. The van der Waals surface area contributed by atoms with Crippen LogP contribution in [0.2, 0.25) is 0 Å². The summed E-state index contributed by atoms with van der Waals surface area (Å²) in [6.07, 6.45) is 8.91. The fraction of sp³-hybridized carbons (Fsp3) is 0.500. The Labute approximate surface area is 146 Å². The van der Waals surface area contributed by atoms with Crippen LogP contribution in [0.4, 0.5) is 0 Å². The van der Waals surface area contributed by atoms with Crippen molar-refractivity contribution < 1.29 is 14.3 Å². The maximum Gasteiger partial charge on any atom is 0.255 e. The number of hydrogen-bond acceptors (Lipinski definition) is 5. The van der Waals surface area contributed by atoms with Gasteiger partial charge in [-0.25, -0.2) is 0 Å². The number of hydrogen-bond donors (Lipinski definition) is 0. The molecule has 2 saturated heterocycles. The highest BCUT2D eigenvalue weighted by atomic mass is 16.6. The van der Waals surface area contributed by atoms with E-state index in [0.29, 0.717) is 31.9 Å². The maximum atomic E-state index is 12.8. The lowest BCUT2D eigenvalue weighted by Gasteiger charge is -2.32. The molecule has 0 aliphatic carbocycles. The van der Waals surface area contributed by atoms with E-state index >= 15 is 0 Å². The summed E-state index contributed by atoms with van der Waals surface area (Å²) in [6.45, 7) is 2.91. The van der Waals surface area contributed by atoms with Gasteiger partial charge in [-0.3, -0.25) is 14.5 Å². The fourth-order valence-corrected chi connectivity index (χ4v) is 3.61. The quantitative estimate of drug-likeness (QED) is 0.843. The molecule has 2 atom stereocenters. The van der Waals surface area contributed by atoms with Gasteiger partial charge < -0.3 is 14.4 Å². The minimum absolute atomic E-state index is 0.0166. The summed E-state index contributed by atoms with van der Waals surface area (Å²) in [7, 11) is 0. The molecule has 0 bridgehead atoms. The van der Waals surface area contributed by atoms with Crippen molar-refractivity contribution in [3.63, 3.8) is 0 Å². The molecule has 4 heterocycles. The zero-order chi connectivity index (χ0) is 17.1. The highest BCUT2D eigenvalue weighted by molar-refractivity contribution is 5.93. The Morgan fingerprint density at radius 1 is 1.36 bits per heavy atom. The van der Waals surface area contributed by atoms with Crippen molar-refractivity contribution in [2.45, 2.75) is 31.1 Å². The van der Waals surface area contributed by atoms with Gasteiger partial charge in [0, 0.05) is 31.3 Å². The minimum Gasteiger partial charge on any atom is -0.377 e. The van der Waals surface area contributed by atoms with Crippen LogP contribution in [-0.2, 0) is 16.0 Å². The van der Waals surface area contributed by atoms with Crippen LogP contribution in [0.3, 0.4) is 0 Å². The van der Waals surface area contributed by atoms with Crippen LogP contribution < -0.4 is 0 Å². The molecule has 2 aliphatic heterocycles. The zero-order valence-corrected chi connectivity index (χ0v) is 14.1. The van der Waals surface area contributed by atoms with E-state index in [1.54, 1.807) is 30.7 Å². The first-order valence-electron chi connectivity index (χ1n) is 8.66. The molecule has 0 aromatic carbocycles. The van der Waals surface area contributed by atoms with E-state index in [4.69, 9.17) is 9.47 Å². The Hall–Kier alpha value is -2.25. The van der Waals surface area contributed by atoms with Gasteiger partial charge in [0.15, 0.2) is 0 Å². The third-order valence-corrected chi connectivity index (χ3v) is 4.83. The van der Waals surface area contributed by atoms with E-state index in [2.05, 4.69) is 10.1 Å². The van der Waals surface area contributed by atoms with E-state index in [0.717, 1.165) is 19.4 Å². The highest BCUT2D eigenvalue weighted by Gasteiger charge is 2.44. The first kappa shape index (κ1) is 16.2. The molecule has 1 spiro atoms. The zero-order valence-electron chi connectivity index (χ0n) is 14.1. The van der Waals surface area contributed by atoms with E-state index in [1.165, 1.54) is 0 Å². The number of carbonyl (C=O) groups is 1. The number of rotatable bonds is 3. The standard InChI is InChI=1S/C18H22N4O3/c23-17(15-3-1-6-19-11-15)21-9-10-24-14-18(13-21)5-4-16(25-18)12-22-8-2-7-20-22/h1-3,6-8,11,16H,4-5,9-10,12-14H2/t16-,18-/m1/s1. The molecule has 0 N–H and O–H groups in total. The predicted molar refractivity (Wildman–Crippen MR) is 90.0 cm³/mol. The van der Waals surface area contributed by atoms with Gasteiger partial charge in [-0.2, -0.15) is 5.10 Å². The molecule has 2 fully saturated rings. The van der Waals surface area contributed by atoms with E-state index in [9.17, 15) is 4.79 Å². The summed E-state index contributed by atoms with van der Waals surface area (Å²) in [4.78, 5) is 18.7. The monoisotopic (exact) mass is 342 g/mol. The van der Waals surface area contributed by atoms with Crippen molar-refractivity contribution in [3.05, 3.63) is 48.5 Å². The molecule has 0 saturated carbocycles. The summed E-state index contributed by atoms with van der Waals surface area (Å²) in [5.41, 5.74) is 0.178. The van der Waals surface area contributed by atoms with Crippen LogP contribution in [0.1, 0.15) is 23.2 Å². The van der Waals surface area contributed by atoms with E-state index in [1.807, 2.05) is 21.8 Å². The molecule has 7 heteroatoms. The van der Waals surface area contributed by atoms with Crippen molar-refractivity contribution in [2.75, 3.05) is 26.3 Å². The first-order chi connectivity index (χ1) is 12.2. The van der Waals surface area contributed by atoms with Crippen molar-refractivity contribution in [2.24, 2.45) is 0 Å². The van der Waals surface area contributed by atoms with Crippen molar-refractivity contribution in [1.82, 2.24) is 19.7 Å². The molecule has 132 valence electrons. The number of carbonyl (C=O) groups excluding carboxylic acids is 1. The topological polar surface area (TPSA) is 69.5 Å². The van der Waals surface area contributed by atoms with Gasteiger partial charge in [-0.15, -0.1) is 0 Å². The number of amides is 1. The second-order valence-corrected chi connectivity index (χ2v) is 6.71. The lowest BCUT2D eigenvalue weighted by molar-refractivity contribution is -0.0881. The first-order valence-corrected chi connectivity index (χ1v) is 8.66. The highest BCUT2D eigenvalue weighted by Crippen LogP contribution is 2.34. The van der Waals surface area contributed by atoms with Crippen LogP contribution in [0, 0.1) is 0 Å². The molecule has 2 aromatic heterocycles. The van der Waals surface area contributed by atoms with Gasteiger partial charge in [-0.1, -0.05) is 0 Å². The Balaban J connectivity index is 1.46. The summed E-state index contributed by atoms with van der Waals surface area (Å²) in [5.74, 6) is -0.0166. The van der Waals surface area contributed by atoms with Crippen LogP contribution in [0.5, 0.6) is 0 Å². The predicted octanol–water partition coefficient (Wildman–Crippen LogP) is 1.37. The molecule has 25 heavy (non-hydrogen) atoms. The SMILES string of the molecule is O=C(c1cccnc1)N1CCOC[C@@]2(CC[C@H](Cn3cccn3)O2)C1. The van der Waals surface area contributed by atoms with Crippen LogP contribution in [-0.4, -0.2) is 63.6 Å². The molecule has 2 aliphatic rings. The van der Waals surface area contributed by atoms with Gasteiger partial charge in [0.1, 0.15) is 5.60 Å². The van der Waals surface area contributed by atoms with Crippen molar-refractivity contribution in [1.29, 1.82) is 0 Å².